The molecule has 4 nitrogen and oxygen atoms in total. The summed E-state index contributed by atoms with van der Waals surface area (Å²) in [5, 5.41) is 0. The lowest BCUT2D eigenvalue weighted by Gasteiger charge is -2.23. The van der Waals surface area contributed by atoms with Gasteiger partial charge in [-0.2, -0.15) is 4.21 Å². The number of Topliss-reactive ketones (excluding diaryl/α,β-unsaturated/α-hetero) is 1. The number of rotatable bonds is 3. The first-order valence-electron chi connectivity index (χ1n) is 6.12. The molecule has 0 aromatic heterocycles. The molecule has 102 valence electrons. The highest BCUT2D eigenvalue weighted by Gasteiger charge is 2.49. The van der Waals surface area contributed by atoms with E-state index < -0.39 is 17.0 Å². The molecule has 0 amide bonds. The van der Waals surface area contributed by atoms with Gasteiger partial charge in [-0.05, 0) is 5.56 Å². The summed E-state index contributed by atoms with van der Waals surface area (Å²) in [6, 6.07) is 17.8. The second-order valence-electron chi connectivity index (χ2n) is 4.44. The Bertz CT molecular complexity index is 641. The van der Waals surface area contributed by atoms with Gasteiger partial charge in [0, 0.05) is 5.56 Å². The van der Waals surface area contributed by atoms with Crippen LogP contribution in [0.5, 0.6) is 0 Å². The molecule has 3 rings (SSSR count). The van der Waals surface area contributed by atoms with Crippen LogP contribution in [0, 0.1) is 0 Å². The molecule has 0 radical (unpaired) electrons. The molecule has 1 aliphatic rings. The maximum Gasteiger partial charge on any atom is 0.306 e. The van der Waals surface area contributed by atoms with E-state index in [1.807, 2.05) is 12.1 Å². The van der Waals surface area contributed by atoms with E-state index in [9.17, 15) is 9.00 Å². The lowest BCUT2D eigenvalue weighted by Crippen LogP contribution is -2.38. The molecular weight excluding hydrogens is 276 g/mol. The largest absolute Gasteiger partial charge is 0.306 e. The first-order valence-corrected chi connectivity index (χ1v) is 7.12. The van der Waals surface area contributed by atoms with E-state index in [0.717, 1.165) is 0 Å². The number of hydrogen-bond acceptors (Lipinski definition) is 4. The van der Waals surface area contributed by atoms with E-state index in [4.69, 9.17) is 8.37 Å². The molecule has 2 aromatic rings. The van der Waals surface area contributed by atoms with Crippen molar-refractivity contribution in [3.63, 3.8) is 0 Å². The van der Waals surface area contributed by atoms with Gasteiger partial charge in [0.2, 0.25) is 5.78 Å². The first-order chi connectivity index (χ1) is 9.72. The van der Waals surface area contributed by atoms with Crippen LogP contribution in [0.4, 0.5) is 0 Å². The van der Waals surface area contributed by atoms with Crippen LogP contribution in [0.3, 0.4) is 0 Å². The fraction of sp³-hybridized carbons (Fsp3) is 0.133. The SMILES string of the molecule is O=C(c1ccccc1)C1(c2ccccc2)COS(=O)O1. The predicted molar refractivity (Wildman–Crippen MR) is 74.1 cm³/mol. The van der Waals surface area contributed by atoms with Gasteiger partial charge in [-0.25, -0.2) is 4.18 Å². The summed E-state index contributed by atoms with van der Waals surface area (Å²) in [6.45, 7) is -0.0582. The summed E-state index contributed by atoms with van der Waals surface area (Å²) in [5.74, 6) is -0.254. The molecular formula is C15H12O4S. The van der Waals surface area contributed by atoms with Crippen LogP contribution in [0.2, 0.25) is 0 Å². The van der Waals surface area contributed by atoms with Crippen LogP contribution in [-0.2, 0) is 25.3 Å². The topological polar surface area (TPSA) is 52.6 Å². The van der Waals surface area contributed by atoms with Gasteiger partial charge in [0.15, 0.2) is 5.60 Å². The van der Waals surface area contributed by atoms with Crippen molar-refractivity contribution in [1.82, 2.24) is 0 Å². The number of hydrogen-bond donors (Lipinski definition) is 0. The summed E-state index contributed by atoms with van der Waals surface area (Å²) >= 11 is -1.91. The lowest BCUT2D eigenvalue weighted by molar-refractivity contribution is 0.0533. The van der Waals surface area contributed by atoms with Gasteiger partial charge in [0.05, 0.1) is 0 Å². The highest BCUT2D eigenvalue weighted by Crippen LogP contribution is 2.36. The molecule has 0 aliphatic carbocycles. The summed E-state index contributed by atoms with van der Waals surface area (Å²) < 4.78 is 21.8. The second-order valence-corrected chi connectivity index (χ2v) is 5.25. The van der Waals surface area contributed by atoms with Crippen molar-refractivity contribution in [2.45, 2.75) is 5.60 Å². The van der Waals surface area contributed by atoms with Crippen molar-refractivity contribution in [3.05, 3.63) is 71.8 Å². The number of carbonyl (C=O) groups excluding carboxylic acids is 1. The molecule has 1 fully saturated rings. The number of carbonyl (C=O) groups is 1. The Hall–Kier alpha value is -1.82. The minimum atomic E-state index is -1.91. The average Bonchev–Trinajstić information content (AvgIpc) is 2.92. The highest BCUT2D eigenvalue weighted by molar-refractivity contribution is 7.75. The third kappa shape index (κ3) is 2.20. The highest BCUT2D eigenvalue weighted by atomic mass is 32.2. The van der Waals surface area contributed by atoms with Crippen molar-refractivity contribution in [2.75, 3.05) is 6.61 Å². The lowest BCUT2D eigenvalue weighted by atomic mass is 9.86. The molecule has 20 heavy (non-hydrogen) atoms. The normalized spacial score (nSPS) is 25.5. The van der Waals surface area contributed by atoms with Crippen molar-refractivity contribution in [1.29, 1.82) is 0 Å². The van der Waals surface area contributed by atoms with Crippen LogP contribution >= 0.6 is 0 Å². The molecule has 1 aliphatic heterocycles. The Morgan fingerprint density at radius 1 is 1.00 bits per heavy atom. The Morgan fingerprint density at radius 3 is 2.15 bits per heavy atom. The predicted octanol–water partition coefficient (Wildman–Crippen LogP) is 2.39. The molecule has 1 saturated heterocycles. The third-order valence-corrected chi connectivity index (χ3v) is 3.94. The Labute approximate surface area is 119 Å². The van der Waals surface area contributed by atoms with E-state index >= 15 is 0 Å². The molecule has 1 heterocycles. The van der Waals surface area contributed by atoms with E-state index in [1.54, 1.807) is 48.5 Å². The zero-order valence-corrected chi connectivity index (χ0v) is 11.3. The standard InChI is InChI=1S/C15H12O4S/c16-14(12-7-3-1-4-8-12)15(11-18-20(17)19-15)13-9-5-2-6-10-13/h1-10H,11H2. The maximum atomic E-state index is 12.8. The van der Waals surface area contributed by atoms with Gasteiger partial charge >= 0.3 is 11.4 Å². The van der Waals surface area contributed by atoms with Gasteiger partial charge in [-0.1, -0.05) is 60.7 Å². The molecule has 0 bridgehead atoms. The quantitative estimate of drug-likeness (QED) is 0.814. The monoisotopic (exact) mass is 288 g/mol. The summed E-state index contributed by atoms with van der Waals surface area (Å²) in [7, 11) is 0. The molecule has 0 N–H and O–H groups in total. The number of benzene rings is 2. The van der Waals surface area contributed by atoms with Crippen molar-refractivity contribution >= 4 is 17.1 Å². The van der Waals surface area contributed by atoms with Gasteiger partial charge in [0.1, 0.15) is 6.61 Å². The van der Waals surface area contributed by atoms with E-state index in [1.165, 1.54) is 0 Å². The van der Waals surface area contributed by atoms with E-state index in [0.29, 0.717) is 11.1 Å². The average molecular weight is 288 g/mol. The van der Waals surface area contributed by atoms with E-state index in [2.05, 4.69) is 0 Å². The van der Waals surface area contributed by atoms with Crippen LogP contribution in [-0.4, -0.2) is 16.6 Å². The van der Waals surface area contributed by atoms with Gasteiger partial charge < -0.3 is 0 Å². The Morgan fingerprint density at radius 2 is 1.60 bits per heavy atom. The zero-order chi connectivity index (χ0) is 14.0. The van der Waals surface area contributed by atoms with Crippen LogP contribution in [0.15, 0.2) is 60.7 Å². The van der Waals surface area contributed by atoms with Gasteiger partial charge in [-0.3, -0.25) is 8.98 Å². The third-order valence-electron chi connectivity index (χ3n) is 3.21. The minimum absolute atomic E-state index is 0.0582. The van der Waals surface area contributed by atoms with Gasteiger partial charge in [-0.15, -0.1) is 0 Å². The van der Waals surface area contributed by atoms with Crippen LogP contribution in [0.25, 0.3) is 0 Å². The van der Waals surface area contributed by atoms with Crippen molar-refractivity contribution < 1.29 is 17.4 Å². The smallest absolute Gasteiger partial charge is 0.290 e. The fourth-order valence-electron chi connectivity index (χ4n) is 2.19. The van der Waals surface area contributed by atoms with Crippen molar-refractivity contribution in [3.8, 4) is 0 Å². The molecule has 2 unspecified atom stereocenters. The fourth-order valence-corrected chi connectivity index (χ4v) is 2.95. The zero-order valence-electron chi connectivity index (χ0n) is 10.5. The molecule has 5 heteroatoms. The number of ketones is 1. The summed E-state index contributed by atoms with van der Waals surface area (Å²) in [6.07, 6.45) is 0. The van der Waals surface area contributed by atoms with Crippen LogP contribution in [0.1, 0.15) is 15.9 Å². The minimum Gasteiger partial charge on any atom is -0.290 e. The van der Waals surface area contributed by atoms with Crippen molar-refractivity contribution in [2.24, 2.45) is 0 Å². The maximum absolute atomic E-state index is 12.8. The molecule has 2 aromatic carbocycles. The summed E-state index contributed by atoms with van der Waals surface area (Å²) in [5.41, 5.74) is -0.202. The van der Waals surface area contributed by atoms with Gasteiger partial charge in [0.25, 0.3) is 0 Å². The Kier molecular flexibility index (Phi) is 3.48. The van der Waals surface area contributed by atoms with Crippen LogP contribution < -0.4 is 0 Å². The Balaban J connectivity index is 2.08. The molecule has 2 atom stereocenters. The summed E-state index contributed by atoms with van der Waals surface area (Å²) in [4.78, 5) is 12.8. The van der Waals surface area contributed by atoms with E-state index in [-0.39, 0.29) is 12.4 Å². The molecule has 0 spiro atoms. The molecule has 0 saturated carbocycles. The first kappa shape index (κ1) is 13.2. The second kappa shape index (κ2) is 5.28.